The van der Waals surface area contributed by atoms with Crippen LogP contribution in [0.25, 0.3) is 11.2 Å². The Morgan fingerprint density at radius 3 is 2.67 bits per heavy atom. The van der Waals surface area contributed by atoms with Crippen LogP contribution in [0.1, 0.15) is 23.6 Å². The van der Waals surface area contributed by atoms with Crippen LogP contribution in [0.2, 0.25) is 0 Å². The fourth-order valence-electron chi connectivity index (χ4n) is 4.91. The second-order valence-electron chi connectivity index (χ2n) is 9.95. The second kappa shape index (κ2) is 9.84. The molecule has 11 heteroatoms. The van der Waals surface area contributed by atoms with Crippen molar-refractivity contribution < 1.29 is 9.53 Å². The highest BCUT2D eigenvalue weighted by atomic mass is 16.5. The molecule has 0 aliphatic carbocycles. The number of anilines is 2. The largest absolute Gasteiger partial charge is 0.457 e. The molecule has 1 saturated heterocycles. The van der Waals surface area contributed by atoms with Crippen LogP contribution in [0.5, 0.6) is 11.5 Å². The number of carbonyl (C=O) groups excluding carboxylic acids is 1. The van der Waals surface area contributed by atoms with Gasteiger partial charge in [0.25, 0.3) is 5.91 Å². The Morgan fingerprint density at radius 1 is 1.10 bits per heavy atom. The minimum Gasteiger partial charge on any atom is -0.457 e. The second-order valence-corrected chi connectivity index (χ2v) is 9.95. The third-order valence-corrected chi connectivity index (χ3v) is 6.85. The molecule has 4 aromatic heterocycles. The molecule has 1 N–H and O–H groups in total. The molecule has 6 rings (SSSR count). The smallest absolute Gasteiger partial charge is 0.251 e. The Hall–Kier alpha value is -4.77. The number of likely N-dealkylation sites (tertiary alicyclic amines) is 1. The number of fused-ring (bicyclic) bond motifs is 2. The Bertz CT molecular complexity index is 1700. The van der Waals surface area contributed by atoms with Gasteiger partial charge in [0.05, 0.1) is 6.04 Å². The summed E-state index contributed by atoms with van der Waals surface area (Å²) in [5.74, 6) is 2.08. The summed E-state index contributed by atoms with van der Waals surface area (Å²) in [6.07, 6.45) is 7.62. The molecule has 0 bridgehead atoms. The van der Waals surface area contributed by atoms with Gasteiger partial charge in [-0.1, -0.05) is 6.58 Å². The Balaban J connectivity index is 1.23. The van der Waals surface area contributed by atoms with Crippen LogP contribution in [0.15, 0.2) is 73.6 Å². The zero-order chi connectivity index (χ0) is 27.1. The van der Waals surface area contributed by atoms with Crippen molar-refractivity contribution in [1.29, 1.82) is 0 Å². The van der Waals surface area contributed by atoms with Gasteiger partial charge in [-0.2, -0.15) is 10.2 Å². The Morgan fingerprint density at radius 2 is 1.90 bits per heavy atom. The summed E-state index contributed by atoms with van der Waals surface area (Å²) in [5, 5.41) is 12.0. The molecule has 1 fully saturated rings. The summed E-state index contributed by atoms with van der Waals surface area (Å²) < 4.78 is 9.59. The predicted molar refractivity (Wildman–Crippen MR) is 147 cm³/mol. The maximum absolute atomic E-state index is 13.1. The van der Waals surface area contributed by atoms with Crippen molar-refractivity contribution in [3.63, 3.8) is 0 Å². The number of hydrogen-bond acceptors (Lipinski definition) is 8. The van der Waals surface area contributed by atoms with Gasteiger partial charge in [0, 0.05) is 48.4 Å². The first-order valence-electron chi connectivity index (χ1n) is 12.7. The molecule has 0 spiro atoms. The summed E-state index contributed by atoms with van der Waals surface area (Å²) >= 11 is 0. The van der Waals surface area contributed by atoms with Gasteiger partial charge < -0.3 is 19.9 Å². The SMILES string of the molecule is C=C(CN(C)C)C(=O)N1CC[C@H]1c1ccn2ncnc(Nc3ccc(Oc4ccn5ncnc5c4)c(C)c3)c12. The number of nitrogens with zero attached hydrogens (tertiary/aromatic N) is 8. The lowest BCUT2D eigenvalue weighted by Crippen LogP contribution is -2.46. The van der Waals surface area contributed by atoms with Gasteiger partial charge in [0.2, 0.25) is 0 Å². The molecule has 39 heavy (non-hydrogen) atoms. The monoisotopic (exact) mass is 523 g/mol. The van der Waals surface area contributed by atoms with E-state index in [9.17, 15) is 4.79 Å². The molecule has 5 aromatic rings. The van der Waals surface area contributed by atoms with Crippen LogP contribution < -0.4 is 10.1 Å². The first-order valence-corrected chi connectivity index (χ1v) is 12.7. The van der Waals surface area contributed by atoms with Gasteiger partial charge in [-0.3, -0.25) is 4.79 Å². The van der Waals surface area contributed by atoms with E-state index in [0.29, 0.717) is 35.9 Å². The van der Waals surface area contributed by atoms with Crippen molar-refractivity contribution >= 4 is 28.6 Å². The summed E-state index contributed by atoms with van der Waals surface area (Å²) in [7, 11) is 3.86. The van der Waals surface area contributed by atoms with Gasteiger partial charge >= 0.3 is 0 Å². The molecule has 1 amide bonds. The third kappa shape index (κ3) is 4.68. The average molecular weight is 524 g/mol. The maximum Gasteiger partial charge on any atom is 0.251 e. The molecule has 1 aliphatic rings. The quantitative estimate of drug-likeness (QED) is 0.304. The van der Waals surface area contributed by atoms with E-state index < -0.39 is 0 Å². The molecule has 0 saturated carbocycles. The van der Waals surface area contributed by atoms with Crippen molar-refractivity contribution in [3.8, 4) is 11.5 Å². The molecule has 1 atom stereocenters. The lowest BCUT2D eigenvalue weighted by molar-refractivity contribution is -0.135. The van der Waals surface area contributed by atoms with Gasteiger partial charge in [0.15, 0.2) is 11.5 Å². The summed E-state index contributed by atoms with van der Waals surface area (Å²) in [6, 6.07) is 11.5. The van der Waals surface area contributed by atoms with Crippen LogP contribution in [0.4, 0.5) is 11.5 Å². The van der Waals surface area contributed by atoms with Crippen molar-refractivity contribution in [3.05, 3.63) is 84.7 Å². The van der Waals surface area contributed by atoms with E-state index in [4.69, 9.17) is 4.74 Å². The van der Waals surface area contributed by atoms with E-state index in [-0.39, 0.29) is 11.9 Å². The number of carbonyl (C=O) groups is 1. The van der Waals surface area contributed by atoms with Crippen molar-refractivity contribution in [2.45, 2.75) is 19.4 Å². The van der Waals surface area contributed by atoms with E-state index >= 15 is 0 Å². The fraction of sp³-hybridized carbons (Fsp3) is 0.250. The minimum absolute atomic E-state index is 0.0139. The van der Waals surface area contributed by atoms with Gasteiger partial charge in [0.1, 0.15) is 29.7 Å². The highest BCUT2D eigenvalue weighted by Gasteiger charge is 2.36. The number of likely N-dealkylation sites (N-methyl/N-ethyl adjacent to an activating group) is 1. The molecule has 0 radical (unpaired) electrons. The highest BCUT2D eigenvalue weighted by Crippen LogP contribution is 2.39. The molecular formula is C28H29N9O2. The fourth-order valence-corrected chi connectivity index (χ4v) is 4.91. The van der Waals surface area contributed by atoms with E-state index in [1.54, 1.807) is 9.03 Å². The number of pyridine rings is 1. The van der Waals surface area contributed by atoms with Gasteiger partial charge in [-0.25, -0.2) is 19.0 Å². The normalized spacial score (nSPS) is 15.1. The number of benzene rings is 1. The summed E-state index contributed by atoms with van der Waals surface area (Å²) in [4.78, 5) is 25.6. The maximum atomic E-state index is 13.1. The van der Waals surface area contributed by atoms with Crippen molar-refractivity contribution in [2.24, 2.45) is 0 Å². The zero-order valence-electron chi connectivity index (χ0n) is 22.1. The molecule has 1 aliphatic heterocycles. The lowest BCUT2D eigenvalue weighted by Gasteiger charge is -2.41. The van der Waals surface area contributed by atoms with Gasteiger partial charge in [-0.05, 0) is 63.3 Å². The number of amides is 1. The van der Waals surface area contributed by atoms with E-state index in [2.05, 4.69) is 32.1 Å². The van der Waals surface area contributed by atoms with E-state index in [1.807, 2.05) is 79.6 Å². The molecule has 11 nitrogen and oxygen atoms in total. The molecule has 1 aromatic carbocycles. The number of nitrogens with one attached hydrogen (secondary N) is 1. The average Bonchev–Trinajstić information content (AvgIpc) is 3.52. The highest BCUT2D eigenvalue weighted by molar-refractivity contribution is 5.94. The summed E-state index contributed by atoms with van der Waals surface area (Å²) in [5.41, 5.74) is 4.97. The van der Waals surface area contributed by atoms with Crippen LogP contribution in [-0.4, -0.2) is 72.1 Å². The first kappa shape index (κ1) is 24.6. The number of aryl methyl sites for hydroxylation is 1. The molecule has 0 unspecified atom stereocenters. The topological polar surface area (TPSA) is 105 Å². The minimum atomic E-state index is -0.0481. The number of rotatable bonds is 8. The van der Waals surface area contributed by atoms with Crippen LogP contribution >= 0.6 is 0 Å². The number of ether oxygens (including phenoxy) is 1. The summed E-state index contributed by atoms with van der Waals surface area (Å²) in [6.45, 7) is 7.24. The Labute approximate surface area is 225 Å². The van der Waals surface area contributed by atoms with Crippen LogP contribution in [-0.2, 0) is 4.79 Å². The first-order chi connectivity index (χ1) is 18.9. The predicted octanol–water partition coefficient (Wildman–Crippen LogP) is 4.01. The zero-order valence-corrected chi connectivity index (χ0v) is 22.1. The van der Waals surface area contributed by atoms with Gasteiger partial charge in [-0.15, -0.1) is 0 Å². The van der Waals surface area contributed by atoms with E-state index in [1.165, 1.54) is 12.7 Å². The standard InChI is InChI=1S/C28H29N9O2/c1-18-13-20(5-6-24(18)39-21-7-11-36-25(14-21)29-16-31-36)33-27-26-22(8-12-37(26)32-17-30-27)23-9-10-35(23)28(38)19(2)15-34(3)4/h5-8,11-14,16-17,23H,2,9-10,15H2,1,3-4H3,(H,30,32,33)/t23-/m0/s1. The van der Waals surface area contributed by atoms with Crippen LogP contribution in [0, 0.1) is 6.92 Å². The molecular weight excluding hydrogens is 494 g/mol. The molecule has 5 heterocycles. The lowest BCUT2D eigenvalue weighted by atomic mass is 9.94. The number of hydrogen-bond donors (Lipinski definition) is 1. The van der Waals surface area contributed by atoms with E-state index in [0.717, 1.165) is 34.5 Å². The molecule has 198 valence electrons. The number of aromatic nitrogens is 6. The Kier molecular flexibility index (Phi) is 6.20. The van der Waals surface area contributed by atoms with Crippen molar-refractivity contribution in [2.75, 3.05) is 32.5 Å². The third-order valence-electron chi connectivity index (χ3n) is 6.85. The van der Waals surface area contributed by atoms with Crippen molar-refractivity contribution in [1.82, 2.24) is 39.0 Å². The van der Waals surface area contributed by atoms with Crippen LogP contribution in [0.3, 0.4) is 0 Å².